The highest BCUT2D eigenvalue weighted by Gasteiger charge is 2.20. The van der Waals surface area contributed by atoms with Gasteiger partial charge in [-0.05, 0) is 44.1 Å². The van der Waals surface area contributed by atoms with Gasteiger partial charge >= 0.3 is 5.97 Å². The van der Waals surface area contributed by atoms with Gasteiger partial charge in [0.05, 0.1) is 13.7 Å². The van der Waals surface area contributed by atoms with E-state index in [1.165, 1.54) is 7.11 Å². The number of aliphatic hydroxyl groups excluding tert-OH is 1. The number of ether oxygens (including phenoxy) is 1. The maximum Gasteiger partial charge on any atom is 0.319 e. The average Bonchev–Trinajstić information content (AvgIpc) is 2.29. The summed E-state index contributed by atoms with van der Waals surface area (Å²) in [5, 5.41) is 12.1. The number of carbonyl (C=O) groups is 1. The molecule has 88 valence electrons. The summed E-state index contributed by atoms with van der Waals surface area (Å²) < 4.78 is 4.54. The van der Waals surface area contributed by atoms with E-state index < -0.39 is 0 Å². The Morgan fingerprint density at radius 2 is 1.93 bits per heavy atom. The molecule has 1 aliphatic rings. The predicted octanol–water partition coefficient (Wildman–Crippen LogP) is 0.548. The number of methoxy groups -OCH3 is 1. The maximum atomic E-state index is 10.8. The standard InChI is InChI=1S/C11H21NO3/c1-15-11(14)7-12-6-9-2-4-10(8-13)5-3-9/h9-10,12-13H,2-8H2,1H3. The molecule has 0 radical (unpaired) electrons. The molecule has 15 heavy (non-hydrogen) atoms. The van der Waals surface area contributed by atoms with Crippen LogP contribution in [0.2, 0.25) is 0 Å². The van der Waals surface area contributed by atoms with Gasteiger partial charge in [-0.3, -0.25) is 4.79 Å². The van der Waals surface area contributed by atoms with Gasteiger partial charge in [-0.15, -0.1) is 0 Å². The van der Waals surface area contributed by atoms with Crippen molar-refractivity contribution in [2.45, 2.75) is 25.7 Å². The van der Waals surface area contributed by atoms with E-state index in [1.807, 2.05) is 0 Å². The molecular weight excluding hydrogens is 194 g/mol. The van der Waals surface area contributed by atoms with Crippen LogP contribution in [-0.4, -0.2) is 37.9 Å². The summed E-state index contributed by atoms with van der Waals surface area (Å²) in [6.45, 7) is 1.51. The lowest BCUT2D eigenvalue weighted by molar-refractivity contribution is -0.139. The van der Waals surface area contributed by atoms with Crippen LogP contribution in [0.4, 0.5) is 0 Å². The molecule has 0 heterocycles. The fourth-order valence-electron chi connectivity index (χ4n) is 2.07. The molecule has 1 rings (SSSR count). The third-order valence-corrected chi connectivity index (χ3v) is 3.15. The molecule has 0 bridgehead atoms. The lowest BCUT2D eigenvalue weighted by atomic mass is 9.82. The average molecular weight is 215 g/mol. The molecule has 1 saturated carbocycles. The van der Waals surface area contributed by atoms with E-state index in [2.05, 4.69) is 10.1 Å². The minimum Gasteiger partial charge on any atom is -0.468 e. The monoisotopic (exact) mass is 215 g/mol. The molecule has 1 aliphatic carbocycles. The van der Waals surface area contributed by atoms with E-state index in [9.17, 15) is 4.79 Å². The van der Waals surface area contributed by atoms with Crippen molar-refractivity contribution in [3.8, 4) is 0 Å². The molecule has 2 N–H and O–H groups in total. The molecule has 0 saturated heterocycles. The Morgan fingerprint density at radius 3 is 2.47 bits per heavy atom. The molecule has 0 atom stereocenters. The summed E-state index contributed by atoms with van der Waals surface area (Å²) in [6.07, 6.45) is 4.53. The van der Waals surface area contributed by atoms with Gasteiger partial charge in [0.15, 0.2) is 0 Å². The number of esters is 1. The van der Waals surface area contributed by atoms with Gasteiger partial charge in [0, 0.05) is 6.61 Å². The van der Waals surface area contributed by atoms with E-state index in [-0.39, 0.29) is 5.97 Å². The van der Waals surface area contributed by atoms with E-state index in [0.29, 0.717) is 25.0 Å². The molecule has 0 unspecified atom stereocenters. The zero-order valence-electron chi connectivity index (χ0n) is 9.37. The second-order valence-electron chi connectivity index (χ2n) is 4.28. The normalized spacial score (nSPS) is 26.3. The first kappa shape index (κ1) is 12.5. The summed E-state index contributed by atoms with van der Waals surface area (Å²) >= 11 is 0. The molecule has 1 fully saturated rings. The highest BCUT2D eigenvalue weighted by atomic mass is 16.5. The van der Waals surface area contributed by atoms with Crippen LogP contribution in [0.3, 0.4) is 0 Å². The third kappa shape index (κ3) is 4.62. The predicted molar refractivity (Wildman–Crippen MR) is 57.4 cm³/mol. The van der Waals surface area contributed by atoms with Crippen LogP contribution in [0, 0.1) is 11.8 Å². The van der Waals surface area contributed by atoms with Crippen molar-refractivity contribution in [1.82, 2.24) is 5.32 Å². The number of hydrogen-bond acceptors (Lipinski definition) is 4. The topological polar surface area (TPSA) is 58.6 Å². The fourth-order valence-corrected chi connectivity index (χ4v) is 2.07. The quantitative estimate of drug-likeness (QED) is 0.657. The highest BCUT2D eigenvalue weighted by Crippen LogP contribution is 2.27. The first-order valence-electron chi connectivity index (χ1n) is 5.64. The lowest BCUT2D eigenvalue weighted by Crippen LogP contribution is -2.31. The van der Waals surface area contributed by atoms with Crippen LogP contribution in [0.5, 0.6) is 0 Å². The lowest BCUT2D eigenvalue weighted by Gasteiger charge is -2.27. The Hall–Kier alpha value is -0.610. The van der Waals surface area contributed by atoms with E-state index in [1.54, 1.807) is 0 Å². The zero-order valence-corrected chi connectivity index (χ0v) is 9.37. The molecule has 0 aromatic rings. The number of nitrogens with one attached hydrogen (secondary N) is 1. The van der Waals surface area contributed by atoms with Gasteiger partial charge in [-0.25, -0.2) is 0 Å². The van der Waals surface area contributed by atoms with Gasteiger partial charge in [0.1, 0.15) is 0 Å². The van der Waals surface area contributed by atoms with Crippen molar-refractivity contribution in [2.24, 2.45) is 11.8 Å². The van der Waals surface area contributed by atoms with Crippen molar-refractivity contribution in [3.05, 3.63) is 0 Å². The first-order valence-corrected chi connectivity index (χ1v) is 5.64. The van der Waals surface area contributed by atoms with Crippen molar-refractivity contribution in [3.63, 3.8) is 0 Å². The SMILES string of the molecule is COC(=O)CNCC1CCC(CO)CC1. The third-order valence-electron chi connectivity index (χ3n) is 3.15. The summed E-state index contributed by atoms with van der Waals surface area (Å²) in [5.41, 5.74) is 0. The fraction of sp³-hybridized carbons (Fsp3) is 0.909. The Morgan fingerprint density at radius 1 is 1.33 bits per heavy atom. The van der Waals surface area contributed by atoms with Crippen LogP contribution < -0.4 is 5.32 Å². The Bertz CT molecular complexity index is 188. The minimum absolute atomic E-state index is 0.209. The number of carbonyl (C=O) groups excluding carboxylic acids is 1. The van der Waals surface area contributed by atoms with E-state index in [4.69, 9.17) is 5.11 Å². The minimum atomic E-state index is -0.209. The van der Waals surface area contributed by atoms with Gasteiger partial charge < -0.3 is 15.2 Å². The summed E-state index contributed by atoms with van der Waals surface area (Å²) in [6, 6.07) is 0. The Labute approximate surface area is 91.0 Å². The van der Waals surface area contributed by atoms with Gasteiger partial charge in [-0.1, -0.05) is 0 Å². The van der Waals surface area contributed by atoms with Crippen LogP contribution >= 0.6 is 0 Å². The second kappa shape index (κ2) is 6.80. The van der Waals surface area contributed by atoms with Crippen LogP contribution in [-0.2, 0) is 9.53 Å². The van der Waals surface area contributed by atoms with Crippen LogP contribution in [0.1, 0.15) is 25.7 Å². The number of hydrogen-bond donors (Lipinski definition) is 2. The zero-order chi connectivity index (χ0) is 11.1. The summed E-state index contributed by atoms with van der Waals surface area (Å²) in [7, 11) is 1.40. The summed E-state index contributed by atoms with van der Waals surface area (Å²) in [4.78, 5) is 10.8. The number of rotatable bonds is 5. The van der Waals surface area contributed by atoms with Gasteiger partial charge in [-0.2, -0.15) is 0 Å². The van der Waals surface area contributed by atoms with Crippen molar-refractivity contribution < 1.29 is 14.6 Å². The van der Waals surface area contributed by atoms with Crippen molar-refractivity contribution in [1.29, 1.82) is 0 Å². The van der Waals surface area contributed by atoms with Gasteiger partial charge in [0.2, 0.25) is 0 Å². The Kier molecular flexibility index (Phi) is 5.65. The number of aliphatic hydroxyl groups is 1. The molecule has 0 spiro atoms. The molecule has 0 aromatic heterocycles. The Balaban J connectivity index is 2.06. The van der Waals surface area contributed by atoms with E-state index >= 15 is 0 Å². The van der Waals surface area contributed by atoms with Crippen molar-refractivity contribution in [2.75, 3.05) is 26.8 Å². The molecule has 4 heteroatoms. The highest BCUT2D eigenvalue weighted by molar-refractivity contribution is 5.71. The molecule has 0 aromatic carbocycles. The van der Waals surface area contributed by atoms with Crippen LogP contribution in [0.25, 0.3) is 0 Å². The smallest absolute Gasteiger partial charge is 0.319 e. The first-order chi connectivity index (χ1) is 7.26. The van der Waals surface area contributed by atoms with Crippen molar-refractivity contribution >= 4 is 5.97 Å². The van der Waals surface area contributed by atoms with Gasteiger partial charge in [0.25, 0.3) is 0 Å². The summed E-state index contributed by atoms with van der Waals surface area (Å²) in [5.74, 6) is 0.943. The van der Waals surface area contributed by atoms with E-state index in [0.717, 1.165) is 32.2 Å². The second-order valence-corrected chi connectivity index (χ2v) is 4.28. The maximum absolute atomic E-state index is 10.8. The largest absolute Gasteiger partial charge is 0.468 e. The van der Waals surface area contributed by atoms with Crippen LogP contribution in [0.15, 0.2) is 0 Å². The molecule has 4 nitrogen and oxygen atoms in total. The molecule has 0 aliphatic heterocycles. The molecule has 0 amide bonds. The molecular formula is C11H21NO3.